The largest absolute Gasteiger partial charge is 0.317 e. The summed E-state index contributed by atoms with van der Waals surface area (Å²) in [5.74, 6) is 2.26. The van der Waals surface area contributed by atoms with Gasteiger partial charge in [0.1, 0.15) is 11.6 Å². The van der Waals surface area contributed by atoms with Gasteiger partial charge in [-0.1, -0.05) is 30.3 Å². The van der Waals surface area contributed by atoms with E-state index in [2.05, 4.69) is 34.5 Å². The minimum atomic E-state index is 0.419. The number of halogens is 1. The second-order valence-electron chi connectivity index (χ2n) is 4.06. The average Bonchev–Trinajstić information content (AvgIpc) is 2.72. The molecule has 0 unspecified atom stereocenters. The van der Waals surface area contributed by atoms with Crippen LogP contribution in [0, 0.1) is 0 Å². The molecular weight excluding hydrogens is 234 g/mol. The highest BCUT2D eigenvalue weighted by molar-refractivity contribution is 6.16. The van der Waals surface area contributed by atoms with E-state index in [0.717, 1.165) is 30.9 Å². The molecule has 4 heteroatoms. The highest BCUT2D eigenvalue weighted by Crippen LogP contribution is 2.08. The van der Waals surface area contributed by atoms with Crippen LogP contribution in [0.5, 0.6) is 0 Å². The van der Waals surface area contributed by atoms with Gasteiger partial charge < -0.3 is 4.57 Å². The quantitative estimate of drug-likeness (QED) is 0.763. The Morgan fingerprint density at radius 1 is 1.06 bits per heavy atom. The van der Waals surface area contributed by atoms with Crippen LogP contribution < -0.4 is 0 Å². The standard InChI is InChI=1S/C13H16ClN3/c1-17-12(15-16-13(17)10-14)9-5-8-11-6-3-2-4-7-11/h2-4,6-7H,5,8-10H2,1H3. The molecule has 0 atom stereocenters. The smallest absolute Gasteiger partial charge is 0.147 e. The molecule has 0 aliphatic heterocycles. The Balaban J connectivity index is 1.88. The van der Waals surface area contributed by atoms with Gasteiger partial charge in [0, 0.05) is 13.5 Å². The number of alkyl halides is 1. The molecule has 3 nitrogen and oxygen atoms in total. The summed E-state index contributed by atoms with van der Waals surface area (Å²) in [4.78, 5) is 0. The first-order valence-electron chi connectivity index (χ1n) is 5.78. The number of nitrogens with zero attached hydrogens (tertiary/aromatic N) is 3. The van der Waals surface area contributed by atoms with Gasteiger partial charge in [-0.15, -0.1) is 21.8 Å². The van der Waals surface area contributed by atoms with E-state index >= 15 is 0 Å². The Hall–Kier alpha value is -1.35. The Kier molecular flexibility index (Phi) is 4.15. The van der Waals surface area contributed by atoms with Crippen LogP contribution in [0.1, 0.15) is 23.6 Å². The zero-order chi connectivity index (χ0) is 12.1. The number of rotatable bonds is 5. The first kappa shape index (κ1) is 12.1. The maximum Gasteiger partial charge on any atom is 0.147 e. The van der Waals surface area contributed by atoms with E-state index in [0.29, 0.717) is 5.88 Å². The molecule has 0 fully saturated rings. The van der Waals surface area contributed by atoms with Crippen LogP contribution in [0.3, 0.4) is 0 Å². The number of hydrogen-bond donors (Lipinski definition) is 0. The Morgan fingerprint density at radius 2 is 1.76 bits per heavy atom. The van der Waals surface area contributed by atoms with E-state index in [1.165, 1.54) is 5.56 Å². The highest BCUT2D eigenvalue weighted by Gasteiger charge is 2.06. The van der Waals surface area contributed by atoms with Crippen LogP contribution in [-0.2, 0) is 25.8 Å². The normalized spacial score (nSPS) is 10.7. The summed E-state index contributed by atoms with van der Waals surface area (Å²) < 4.78 is 1.98. The molecular formula is C13H16ClN3. The molecule has 0 N–H and O–H groups in total. The number of aromatic nitrogens is 3. The lowest BCUT2D eigenvalue weighted by atomic mass is 10.1. The summed E-state index contributed by atoms with van der Waals surface area (Å²) in [6, 6.07) is 10.5. The third-order valence-corrected chi connectivity index (χ3v) is 3.12. The third-order valence-electron chi connectivity index (χ3n) is 2.88. The van der Waals surface area contributed by atoms with Gasteiger partial charge in [-0.3, -0.25) is 0 Å². The number of aryl methyl sites for hydroxylation is 2. The molecule has 0 saturated carbocycles. The molecule has 1 heterocycles. The van der Waals surface area contributed by atoms with Gasteiger partial charge in [-0.2, -0.15) is 0 Å². The molecule has 17 heavy (non-hydrogen) atoms. The molecule has 1 aromatic carbocycles. The van der Waals surface area contributed by atoms with Gasteiger partial charge in [0.25, 0.3) is 0 Å². The molecule has 0 aliphatic rings. The van der Waals surface area contributed by atoms with Gasteiger partial charge in [0.15, 0.2) is 0 Å². The molecule has 2 aromatic rings. The maximum atomic E-state index is 5.75. The summed E-state index contributed by atoms with van der Waals surface area (Å²) in [6.07, 6.45) is 3.09. The summed E-state index contributed by atoms with van der Waals surface area (Å²) in [5, 5.41) is 8.19. The van der Waals surface area contributed by atoms with Crippen molar-refractivity contribution >= 4 is 11.6 Å². The van der Waals surface area contributed by atoms with E-state index in [4.69, 9.17) is 11.6 Å². The average molecular weight is 250 g/mol. The van der Waals surface area contributed by atoms with Gasteiger partial charge in [-0.25, -0.2) is 0 Å². The van der Waals surface area contributed by atoms with Crippen LogP contribution in [-0.4, -0.2) is 14.8 Å². The summed E-state index contributed by atoms with van der Waals surface area (Å²) >= 11 is 5.75. The highest BCUT2D eigenvalue weighted by atomic mass is 35.5. The zero-order valence-electron chi connectivity index (χ0n) is 9.93. The van der Waals surface area contributed by atoms with Crippen molar-refractivity contribution in [2.75, 3.05) is 0 Å². The van der Waals surface area contributed by atoms with Crippen molar-refractivity contribution in [3.8, 4) is 0 Å². The molecule has 90 valence electrons. The van der Waals surface area contributed by atoms with E-state index < -0.39 is 0 Å². The van der Waals surface area contributed by atoms with Crippen LogP contribution in [0.2, 0.25) is 0 Å². The molecule has 0 radical (unpaired) electrons. The SMILES string of the molecule is Cn1c(CCl)nnc1CCCc1ccccc1. The first-order valence-corrected chi connectivity index (χ1v) is 6.31. The van der Waals surface area contributed by atoms with Crippen molar-refractivity contribution in [1.29, 1.82) is 0 Å². The number of benzene rings is 1. The molecule has 2 rings (SSSR count). The van der Waals surface area contributed by atoms with Crippen LogP contribution in [0.25, 0.3) is 0 Å². The number of hydrogen-bond acceptors (Lipinski definition) is 2. The van der Waals surface area contributed by atoms with Crippen molar-refractivity contribution in [1.82, 2.24) is 14.8 Å². The maximum absolute atomic E-state index is 5.75. The summed E-state index contributed by atoms with van der Waals surface area (Å²) in [7, 11) is 1.97. The first-order chi connectivity index (χ1) is 8.31. The summed E-state index contributed by atoms with van der Waals surface area (Å²) in [6.45, 7) is 0. The molecule has 1 aromatic heterocycles. The van der Waals surface area contributed by atoms with Crippen LogP contribution in [0.4, 0.5) is 0 Å². The van der Waals surface area contributed by atoms with Gasteiger partial charge in [0.05, 0.1) is 5.88 Å². The van der Waals surface area contributed by atoms with Crippen molar-refractivity contribution in [2.45, 2.75) is 25.1 Å². The topological polar surface area (TPSA) is 30.7 Å². The van der Waals surface area contributed by atoms with Crippen molar-refractivity contribution in [2.24, 2.45) is 7.05 Å². The lowest BCUT2D eigenvalue weighted by Gasteiger charge is -2.02. The van der Waals surface area contributed by atoms with Gasteiger partial charge in [-0.05, 0) is 18.4 Å². The Morgan fingerprint density at radius 3 is 2.41 bits per heavy atom. The second kappa shape index (κ2) is 5.82. The molecule has 0 saturated heterocycles. The van der Waals surface area contributed by atoms with E-state index in [-0.39, 0.29) is 0 Å². The molecule has 0 aliphatic carbocycles. The zero-order valence-corrected chi connectivity index (χ0v) is 10.7. The minimum Gasteiger partial charge on any atom is -0.317 e. The van der Waals surface area contributed by atoms with Crippen molar-refractivity contribution in [3.63, 3.8) is 0 Å². The predicted octanol–water partition coefficient (Wildman–Crippen LogP) is 2.73. The van der Waals surface area contributed by atoms with Crippen molar-refractivity contribution < 1.29 is 0 Å². The Labute approximate surface area is 106 Å². The molecule has 0 amide bonds. The fourth-order valence-corrected chi connectivity index (χ4v) is 2.06. The lowest BCUT2D eigenvalue weighted by Crippen LogP contribution is -2.01. The van der Waals surface area contributed by atoms with Gasteiger partial charge in [0.2, 0.25) is 0 Å². The fourth-order valence-electron chi connectivity index (χ4n) is 1.83. The molecule has 0 spiro atoms. The predicted molar refractivity (Wildman–Crippen MR) is 69.0 cm³/mol. The second-order valence-corrected chi connectivity index (χ2v) is 4.33. The third kappa shape index (κ3) is 3.07. The van der Waals surface area contributed by atoms with Crippen LogP contribution in [0.15, 0.2) is 30.3 Å². The molecule has 0 bridgehead atoms. The van der Waals surface area contributed by atoms with Gasteiger partial charge >= 0.3 is 0 Å². The Bertz CT molecular complexity index is 465. The minimum absolute atomic E-state index is 0.419. The van der Waals surface area contributed by atoms with Crippen LogP contribution >= 0.6 is 11.6 Å². The lowest BCUT2D eigenvalue weighted by molar-refractivity contribution is 0.712. The monoisotopic (exact) mass is 249 g/mol. The summed E-state index contributed by atoms with van der Waals surface area (Å²) in [5.41, 5.74) is 1.37. The van der Waals surface area contributed by atoms with E-state index in [1.54, 1.807) is 0 Å². The fraction of sp³-hybridized carbons (Fsp3) is 0.385. The van der Waals surface area contributed by atoms with E-state index in [1.807, 2.05) is 17.7 Å². The van der Waals surface area contributed by atoms with E-state index in [9.17, 15) is 0 Å². The van der Waals surface area contributed by atoms with Crippen molar-refractivity contribution in [3.05, 3.63) is 47.5 Å².